The molecule has 0 radical (unpaired) electrons. The van der Waals surface area contributed by atoms with Gasteiger partial charge in [-0.1, -0.05) is 0 Å². The van der Waals surface area contributed by atoms with E-state index in [1.54, 1.807) is 7.11 Å². The fraction of sp³-hybridized carbons (Fsp3) is 0.231. The van der Waals surface area contributed by atoms with E-state index < -0.39 is 0 Å². The third-order valence-electron chi connectivity index (χ3n) is 2.87. The zero-order chi connectivity index (χ0) is 14.8. The summed E-state index contributed by atoms with van der Waals surface area (Å²) in [6.45, 7) is 1.88. The largest absolute Gasteiger partial charge is 0.497 e. The minimum atomic E-state index is 0.778. The van der Waals surface area contributed by atoms with Crippen molar-refractivity contribution in [2.45, 2.75) is 16.4 Å². The van der Waals surface area contributed by atoms with Crippen LogP contribution >= 0.6 is 23.3 Å². The van der Waals surface area contributed by atoms with Crippen LogP contribution in [-0.4, -0.2) is 31.2 Å². The predicted molar refractivity (Wildman–Crippen MR) is 81.8 cm³/mol. The second-order valence-electron chi connectivity index (χ2n) is 4.30. The highest BCUT2D eigenvalue weighted by molar-refractivity contribution is 8.00. The maximum Gasteiger partial charge on any atom is 0.198 e. The molecule has 21 heavy (non-hydrogen) atoms. The third-order valence-corrected chi connectivity index (χ3v) is 4.75. The molecule has 0 saturated heterocycles. The van der Waals surface area contributed by atoms with Crippen LogP contribution in [0.15, 0.2) is 33.8 Å². The van der Waals surface area contributed by atoms with Crippen molar-refractivity contribution in [3.8, 4) is 17.1 Å². The van der Waals surface area contributed by atoms with Crippen LogP contribution in [0, 0.1) is 6.92 Å². The summed E-state index contributed by atoms with van der Waals surface area (Å²) in [6.07, 6.45) is 0. The van der Waals surface area contributed by atoms with E-state index in [9.17, 15) is 0 Å². The quantitative estimate of drug-likeness (QED) is 0.737. The molecule has 2 aromatic heterocycles. The van der Waals surface area contributed by atoms with Crippen LogP contribution in [0.4, 0.5) is 0 Å². The summed E-state index contributed by atoms with van der Waals surface area (Å²) >= 11 is 2.84. The average Bonchev–Trinajstić information content (AvgIpc) is 3.07. The van der Waals surface area contributed by atoms with Gasteiger partial charge in [0.2, 0.25) is 0 Å². The molecule has 0 spiro atoms. The molecule has 6 nitrogen and oxygen atoms in total. The normalized spacial score (nSPS) is 10.8. The van der Waals surface area contributed by atoms with Gasteiger partial charge in [-0.3, -0.25) is 0 Å². The first kappa shape index (κ1) is 14.0. The molecule has 0 bridgehead atoms. The summed E-state index contributed by atoms with van der Waals surface area (Å²) in [4.78, 5) is 4.32. The SMILES string of the molecule is COc1ccc(-c2nnc(Sc3nc(C)ns3)n2C)cc1. The van der Waals surface area contributed by atoms with E-state index in [4.69, 9.17) is 4.74 Å². The summed E-state index contributed by atoms with van der Waals surface area (Å²) in [7, 11) is 3.59. The van der Waals surface area contributed by atoms with Gasteiger partial charge in [-0.25, -0.2) is 4.98 Å². The highest BCUT2D eigenvalue weighted by Crippen LogP contribution is 2.30. The fourth-order valence-electron chi connectivity index (χ4n) is 1.79. The van der Waals surface area contributed by atoms with Gasteiger partial charge in [-0.05, 0) is 54.5 Å². The van der Waals surface area contributed by atoms with Gasteiger partial charge in [0.25, 0.3) is 0 Å². The van der Waals surface area contributed by atoms with E-state index >= 15 is 0 Å². The Kier molecular flexibility index (Phi) is 3.89. The smallest absolute Gasteiger partial charge is 0.198 e. The monoisotopic (exact) mass is 319 g/mol. The molecule has 0 saturated carbocycles. The predicted octanol–water partition coefficient (Wildman–Crippen LogP) is 2.80. The first-order valence-electron chi connectivity index (χ1n) is 6.19. The van der Waals surface area contributed by atoms with Gasteiger partial charge < -0.3 is 9.30 Å². The van der Waals surface area contributed by atoms with E-state index in [-0.39, 0.29) is 0 Å². The van der Waals surface area contributed by atoms with Crippen LogP contribution in [0.2, 0.25) is 0 Å². The van der Waals surface area contributed by atoms with E-state index in [0.717, 1.165) is 32.5 Å². The molecular weight excluding hydrogens is 306 g/mol. The van der Waals surface area contributed by atoms with Gasteiger partial charge in [-0.15, -0.1) is 10.2 Å². The second kappa shape index (κ2) is 5.82. The summed E-state index contributed by atoms with van der Waals surface area (Å²) < 4.78 is 12.1. The minimum Gasteiger partial charge on any atom is -0.497 e. The number of nitrogens with zero attached hydrogens (tertiary/aromatic N) is 5. The molecule has 0 aliphatic rings. The zero-order valence-corrected chi connectivity index (χ0v) is 13.4. The average molecular weight is 319 g/mol. The van der Waals surface area contributed by atoms with Crippen molar-refractivity contribution in [1.29, 1.82) is 0 Å². The maximum atomic E-state index is 5.16. The van der Waals surface area contributed by atoms with Crippen molar-refractivity contribution in [2.24, 2.45) is 7.05 Å². The molecule has 108 valence electrons. The molecule has 0 N–H and O–H groups in total. The Morgan fingerprint density at radius 2 is 1.95 bits per heavy atom. The van der Waals surface area contributed by atoms with Gasteiger partial charge in [0.05, 0.1) is 7.11 Å². The molecule has 0 aliphatic carbocycles. The lowest BCUT2D eigenvalue weighted by molar-refractivity contribution is 0.415. The molecule has 3 aromatic rings. The van der Waals surface area contributed by atoms with Crippen molar-refractivity contribution < 1.29 is 4.74 Å². The van der Waals surface area contributed by atoms with E-state index in [0.29, 0.717) is 0 Å². The van der Waals surface area contributed by atoms with Gasteiger partial charge in [-0.2, -0.15) is 4.37 Å². The number of hydrogen-bond acceptors (Lipinski definition) is 7. The van der Waals surface area contributed by atoms with Crippen LogP contribution in [-0.2, 0) is 7.05 Å². The first-order chi connectivity index (χ1) is 10.2. The van der Waals surface area contributed by atoms with Crippen molar-refractivity contribution in [3.63, 3.8) is 0 Å². The Hall–Kier alpha value is -1.93. The van der Waals surface area contributed by atoms with E-state index in [1.165, 1.54) is 23.3 Å². The molecular formula is C13H13N5OS2. The number of methoxy groups -OCH3 is 1. The zero-order valence-electron chi connectivity index (χ0n) is 11.8. The lowest BCUT2D eigenvalue weighted by atomic mass is 10.2. The van der Waals surface area contributed by atoms with Crippen LogP contribution < -0.4 is 4.74 Å². The van der Waals surface area contributed by atoms with Crippen molar-refractivity contribution in [3.05, 3.63) is 30.1 Å². The highest BCUT2D eigenvalue weighted by Gasteiger charge is 2.13. The number of hydrogen-bond donors (Lipinski definition) is 0. The molecule has 0 atom stereocenters. The van der Waals surface area contributed by atoms with Gasteiger partial charge in [0, 0.05) is 12.6 Å². The van der Waals surface area contributed by atoms with Crippen LogP contribution in [0.25, 0.3) is 11.4 Å². The van der Waals surface area contributed by atoms with Gasteiger partial charge in [0.15, 0.2) is 15.3 Å². The number of aryl methyl sites for hydroxylation is 1. The van der Waals surface area contributed by atoms with Crippen molar-refractivity contribution in [2.75, 3.05) is 7.11 Å². The summed E-state index contributed by atoms with van der Waals surface area (Å²) in [5.41, 5.74) is 0.992. The molecule has 1 aromatic carbocycles. The first-order valence-corrected chi connectivity index (χ1v) is 7.78. The lowest BCUT2D eigenvalue weighted by Crippen LogP contribution is -1.94. The topological polar surface area (TPSA) is 65.7 Å². The minimum absolute atomic E-state index is 0.778. The van der Waals surface area contributed by atoms with E-state index in [1.807, 2.05) is 42.8 Å². The molecule has 0 unspecified atom stereocenters. The molecule has 0 aliphatic heterocycles. The highest BCUT2D eigenvalue weighted by atomic mass is 32.2. The Bertz CT molecular complexity index is 750. The Balaban J connectivity index is 1.87. The molecule has 0 amide bonds. The Labute approximate surface area is 130 Å². The maximum absolute atomic E-state index is 5.16. The number of rotatable bonds is 4. The van der Waals surface area contributed by atoms with Gasteiger partial charge >= 0.3 is 0 Å². The summed E-state index contributed by atoms with van der Waals surface area (Å²) in [6, 6.07) is 7.74. The van der Waals surface area contributed by atoms with Crippen LogP contribution in [0.1, 0.15) is 5.82 Å². The van der Waals surface area contributed by atoms with E-state index in [2.05, 4.69) is 19.6 Å². The lowest BCUT2D eigenvalue weighted by Gasteiger charge is -2.04. The van der Waals surface area contributed by atoms with Crippen molar-refractivity contribution in [1.82, 2.24) is 24.1 Å². The number of benzene rings is 1. The second-order valence-corrected chi connectivity index (χ2v) is 6.27. The number of aromatic nitrogens is 5. The van der Waals surface area contributed by atoms with Gasteiger partial charge in [0.1, 0.15) is 11.6 Å². The molecule has 0 fully saturated rings. The Morgan fingerprint density at radius 3 is 2.57 bits per heavy atom. The molecule has 3 rings (SSSR count). The summed E-state index contributed by atoms with van der Waals surface area (Å²) in [5.74, 6) is 2.40. The number of ether oxygens (including phenoxy) is 1. The third kappa shape index (κ3) is 2.91. The fourth-order valence-corrected chi connectivity index (χ4v) is 3.34. The molecule has 2 heterocycles. The standard InChI is InChI=1S/C13H13N5OS2/c1-8-14-13(21-17-8)20-12-16-15-11(18(12)2)9-4-6-10(19-3)7-5-9/h4-7H,1-3H3. The summed E-state index contributed by atoms with van der Waals surface area (Å²) in [5, 5.41) is 9.26. The van der Waals surface area contributed by atoms with Crippen LogP contribution in [0.5, 0.6) is 5.75 Å². The van der Waals surface area contributed by atoms with Crippen molar-refractivity contribution >= 4 is 23.3 Å². The van der Waals surface area contributed by atoms with Crippen LogP contribution in [0.3, 0.4) is 0 Å². The molecule has 8 heteroatoms. The Morgan fingerprint density at radius 1 is 1.19 bits per heavy atom.